The van der Waals surface area contributed by atoms with Gasteiger partial charge in [-0.05, 0) is 30.3 Å². The predicted octanol–water partition coefficient (Wildman–Crippen LogP) is 4.28. The molecular weight excluding hydrogens is 400 g/mol. The summed E-state index contributed by atoms with van der Waals surface area (Å²) in [5, 5.41) is 13.2. The van der Waals surface area contributed by atoms with Crippen LogP contribution in [0.2, 0.25) is 5.02 Å². The van der Waals surface area contributed by atoms with Crippen molar-refractivity contribution in [1.82, 2.24) is 10.1 Å². The number of aromatic nitrogens is 2. The molecule has 2 aromatic carbocycles. The smallest absolute Gasteiger partial charge is 0.341 e. The first-order valence-corrected chi connectivity index (χ1v) is 7.95. The van der Waals surface area contributed by atoms with Gasteiger partial charge in [0, 0.05) is 10.0 Å². The summed E-state index contributed by atoms with van der Waals surface area (Å²) < 4.78 is 11.3. The first-order chi connectivity index (χ1) is 11.5. The number of carboxylic acids is 1. The number of halogens is 2. The van der Waals surface area contributed by atoms with Gasteiger partial charge in [0.1, 0.15) is 5.75 Å². The standard InChI is InChI=1S/C16H10BrClN2O4/c17-9-5-6-13(23-8-14(21)22)11(7-9)16-19-15(20-24-16)10-3-1-2-4-12(10)18/h1-7H,8H2,(H,21,22). The van der Waals surface area contributed by atoms with Gasteiger partial charge < -0.3 is 14.4 Å². The first kappa shape index (κ1) is 16.5. The van der Waals surface area contributed by atoms with Gasteiger partial charge in [-0.2, -0.15) is 4.98 Å². The highest BCUT2D eigenvalue weighted by atomic mass is 79.9. The van der Waals surface area contributed by atoms with Gasteiger partial charge in [-0.1, -0.05) is 44.8 Å². The van der Waals surface area contributed by atoms with Crippen molar-refractivity contribution in [2.45, 2.75) is 0 Å². The van der Waals surface area contributed by atoms with E-state index < -0.39 is 12.6 Å². The second-order valence-electron chi connectivity index (χ2n) is 4.73. The fraction of sp³-hybridized carbons (Fsp3) is 0.0625. The summed E-state index contributed by atoms with van der Waals surface area (Å²) in [5.74, 6) is -0.215. The highest BCUT2D eigenvalue weighted by molar-refractivity contribution is 9.10. The van der Waals surface area contributed by atoms with Gasteiger partial charge in [-0.3, -0.25) is 0 Å². The summed E-state index contributed by atoms with van der Waals surface area (Å²) in [5.41, 5.74) is 1.12. The lowest BCUT2D eigenvalue weighted by atomic mass is 10.2. The summed E-state index contributed by atoms with van der Waals surface area (Å²) in [6, 6.07) is 12.2. The number of rotatable bonds is 5. The van der Waals surface area contributed by atoms with Gasteiger partial charge in [0.05, 0.1) is 10.6 Å². The van der Waals surface area contributed by atoms with E-state index in [1.807, 2.05) is 6.07 Å². The number of hydrogen-bond donors (Lipinski definition) is 1. The van der Waals surface area contributed by atoms with Gasteiger partial charge in [-0.15, -0.1) is 0 Å². The molecule has 0 atom stereocenters. The van der Waals surface area contributed by atoms with Crippen LogP contribution in [0.4, 0.5) is 0 Å². The zero-order valence-corrected chi connectivity index (χ0v) is 14.4. The third-order valence-electron chi connectivity index (χ3n) is 3.06. The fourth-order valence-electron chi connectivity index (χ4n) is 2.02. The number of ether oxygens (including phenoxy) is 1. The maximum Gasteiger partial charge on any atom is 0.341 e. The first-order valence-electron chi connectivity index (χ1n) is 6.77. The zero-order chi connectivity index (χ0) is 17.1. The SMILES string of the molecule is O=C(O)COc1ccc(Br)cc1-c1nc(-c2ccccc2Cl)no1. The lowest BCUT2D eigenvalue weighted by Crippen LogP contribution is -2.10. The third-order valence-corrected chi connectivity index (χ3v) is 3.89. The minimum atomic E-state index is -1.08. The highest BCUT2D eigenvalue weighted by Gasteiger charge is 2.17. The van der Waals surface area contributed by atoms with E-state index in [0.717, 1.165) is 4.47 Å². The van der Waals surface area contributed by atoms with Crippen LogP contribution in [0.1, 0.15) is 0 Å². The molecule has 6 nitrogen and oxygen atoms in total. The Labute approximate surface area is 150 Å². The van der Waals surface area contributed by atoms with Crippen molar-refractivity contribution in [1.29, 1.82) is 0 Å². The van der Waals surface area contributed by atoms with E-state index in [0.29, 0.717) is 27.7 Å². The molecule has 0 radical (unpaired) electrons. The van der Waals surface area contributed by atoms with Crippen molar-refractivity contribution in [3.8, 4) is 28.6 Å². The topological polar surface area (TPSA) is 85.5 Å². The number of nitrogens with zero attached hydrogens (tertiary/aromatic N) is 2. The third kappa shape index (κ3) is 3.58. The Morgan fingerprint density at radius 1 is 1.25 bits per heavy atom. The fourth-order valence-corrected chi connectivity index (χ4v) is 2.60. The van der Waals surface area contributed by atoms with Crippen molar-refractivity contribution in [3.05, 3.63) is 52.0 Å². The molecule has 24 heavy (non-hydrogen) atoms. The molecule has 0 unspecified atom stereocenters. The minimum Gasteiger partial charge on any atom is -0.481 e. The molecule has 0 saturated heterocycles. The highest BCUT2D eigenvalue weighted by Crippen LogP contribution is 2.34. The Kier molecular flexibility index (Phi) is 4.82. The van der Waals surface area contributed by atoms with Crippen molar-refractivity contribution in [2.24, 2.45) is 0 Å². The molecule has 122 valence electrons. The molecule has 1 heterocycles. The Morgan fingerprint density at radius 2 is 2.04 bits per heavy atom. The molecule has 3 aromatic rings. The number of carbonyl (C=O) groups is 1. The predicted molar refractivity (Wildman–Crippen MR) is 91.0 cm³/mol. The molecule has 0 aliphatic heterocycles. The van der Waals surface area contributed by atoms with Crippen LogP contribution >= 0.6 is 27.5 Å². The normalized spacial score (nSPS) is 10.6. The van der Waals surface area contributed by atoms with E-state index in [4.69, 9.17) is 26.0 Å². The number of hydrogen-bond acceptors (Lipinski definition) is 5. The maximum atomic E-state index is 10.7. The number of aliphatic carboxylic acids is 1. The van der Waals surface area contributed by atoms with Crippen LogP contribution in [-0.2, 0) is 4.79 Å². The molecule has 0 bridgehead atoms. The monoisotopic (exact) mass is 408 g/mol. The van der Waals surface area contributed by atoms with Gasteiger partial charge in [-0.25, -0.2) is 4.79 Å². The molecule has 0 saturated carbocycles. The van der Waals surface area contributed by atoms with Gasteiger partial charge in [0.25, 0.3) is 5.89 Å². The quantitative estimate of drug-likeness (QED) is 0.677. The number of benzene rings is 2. The van der Waals surface area contributed by atoms with E-state index in [2.05, 4.69) is 26.1 Å². The minimum absolute atomic E-state index is 0.201. The molecule has 0 spiro atoms. The van der Waals surface area contributed by atoms with Crippen LogP contribution in [0.3, 0.4) is 0 Å². The van der Waals surface area contributed by atoms with Crippen molar-refractivity contribution < 1.29 is 19.2 Å². The van der Waals surface area contributed by atoms with Crippen LogP contribution in [0, 0.1) is 0 Å². The molecule has 8 heteroatoms. The Morgan fingerprint density at radius 3 is 2.79 bits per heavy atom. The Balaban J connectivity index is 1.99. The molecule has 1 aromatic heterocycles. The molecule has 0 fully saturated rings. The van der Waals surface area contributed by atoms with Crippen molar-refractivity contribution in [3.63, 3.8) is 0 Å². The molecule has 3 rings (SSSR count). The molecule has 0 amide bonds. The van der Waals surface area contributed by atoms with Gasteiger partial charge in [0.15, 0.2) is 6.61 Å². The summed E-state index contributed by atoms with van der Waals surface area (Å²) in [6.45, 7) is -0.472. The van der Waals surface area contributed by atoms with E-state index in [1.54, 1.807) is 36.4 Å². The lowest BCUT2D eigenvalue weighted by Gasteiger charge is -2.07. The number of carboxylic acid groups (broad SMARTS) is 1. The van der Waals surface area contributed by atoms with E-state index >= 15 is 0 Å². The van der Waals surface area contributed by atoms with Crippen molar-refractivity contribution >= 4 is 33.5 Å². The Hall–Kier alpha value is -2.38. The molecular formula is C16H10BrClN2O4. The summed E-state index contributed by atoms with van der Waals surface area (Å²) in [4.78, 5) is 15.0. The van der Waals surface area contributed by atoms with Crippen LogP contribution in [0.5, 0.6) is 5.75 Å². The average Bonchev–Trinajstić information content (AvgIpc) is 3.03. The second-order valence-corrected chi connectivity index (χ2v) is 6.05. The van der Waals surface area contributed by atoms with E-state index in [9.17, 15) is 4.79 Å². The van der Waals surface area contributed by atoms with Crippen molar-refractivity contribution in [2.75, 3.05) is 6.61 Å². The van der Waals surface area contributed by atoms with Crippen LogP contribution < -0.4 is 4.74 Å². The van der Waals surface area contributed by atoms with E-state index in [1.165, 1.54) is 0 Å². The molecule has 0 aliphatic rings. The van der Waals surface area contributed by atoms with Gasteiger partial charge >= 0.3 is 5.97 Å². The average molecular weight is 410 g/mol. The lowest BCUT2D eigenvalue weighted by molar-refractivity contribution is -0.139. The summed E-state index contributed by atoms with van der Waals surface area (Å²) in [6.07, 6.45) is 0. The molecule has 1 N–H and O–H groups in total. The second kappa shape index (κ2) is 7.02. The largest absolute Gasteiger partial charge is 0.481 e. The van der Waals surface area contributed by atoms with Crippen LogP contribution in [0.25, 0.3) is 22.8 Å². The summed E-state index contributed by atoms with van der Waals surface area (Å²) >= 11 is 9.49. The zero-order valence-electron chi connectivity index (χ0n) is 12.1. The van der Waals surface area contributed by atoms with E-state index in [-0.39, 0.29) is 5.89 Å². The van der Waals surface area contributed by atoms with Crippen LogP contribution in [-0.4, -0.2) is 27.8 Å². The maximum absolute atomic E-state index is 10.7. The Bertz CT molecular complexity index is 897. The molecule has 0 aliphatic carbocycles. The summed E-state index contributed by atoms with van der Waals surface area (Å²) in [7, 11) is 0. The van der Waals surface area contributed by atoms with Gasteiger partial charge in [0.2, 0.25) is 5.82 Å². The van der Waals surface area contributed by atoms with Crippen LogP contribution in [0.15, 0.2) is 51.5 Å².